The zero-order valence-electron chi connectivity index (χ0n) is 10.6. The van der Waals surface area contributed by atoms with Crippen LogP contribution >= 0.6 is 0 Å². The van der Waals surface area contributed by atoms with Crippen LogP contribution in [0.2, 0.25) is 0 Å². The molecule has 0 bridgehead atoms. The summed E-state index contributed by atoms with van der Waals surface area (Å²) in [7, 11) is 0. The first-order valence-electron chi connectivity index (χ1n) is 6.19. The molecule has 0 aromatic carbocycles. The highest BCUT2D eigenvalue weighted by Crippen LogP contribution is 2.21. The number of rotatable bonds is 2. The van der Waals surface area contributed by atoms with Crippen molar-refractivity contribution in [1.29, 1.82) is 0 Å². The van der Waals surface area contributed by atoms with E-state index in [1.54, 1.807) is 6.07 Å². The Kier molecular flexibility index (Phi) is 3.64. The van der Waals surface area contributed by atoms with E-state index in [0.717, 1.165) is 30.9 Å². The second kappa shape index (κ2) is 5.02. The van der Waals surface area contributed by atoms with Crippen molar-refractivity contribution in [1.82, 2.24) is 9.88 Å². The lowest BCUT2D eigenvalue weighted by Crippen LogP contribution is -2.47. The molecule has 1 saturated heterocycles. The van der Waals surface area contributed by atoms with E-state index in [9.17, 15) is 5.11 Å². The summed E-state index contributed by atoms with van der Waals surface area (Å²) in [6, 6.07) is 3.77. The molecule has 3 N–H and O–H groups in total. The van der Waals surface area contributed by atoms with E-state index < -0.39 is 0 Å². The van der Waals surface area contributed by atoms with Gasteiger partial charge in [0.1, 0.15) is 5.75 Å². The third kappa shape index (κ3) is 2.96. The molecule has 4 heteroatoms. The summed E-state index contributed by atoms with van der Waals surface area (Å²) in [5.41, 5.74) is 7.76. The van der Waals surface area contributed by atoms with E-state index in [1.807, 2.05) is 13.0 Å². The monoisotopic (exact) mass is 235 g/mol. The molecule has 94 valence electrons. The number of hydrogen-bond donors (Lipinski definition) is 2. The minimum atomic E-state index is 0.232. The Hall–Kier alpha value is -1.13. The normalized spacial score (nSPS) is 26.1. The number of aromatic nitrogens is 1. The summed E-state index contributed by atoms with van der Waals surface area (Å²) in [6.07, 6.45) is 1.12. The maximum atomic E-state index is 9.76. The highest BCUT2D eigenvalue weighted by Gasteiger charge is 2.23. The van der Waals surface area contributed by atoms with Gasteiger partial charge in [0.15, 0.2) is 0 Å². The quantitative estimate of drug-likeness (QED) is 0.810. The van der Waals surface area contributed by atoms with Crippen LogP contribution in [0.25, 0.3) is 0 Å². The molecule has 17 heavy (non-hydrogen) atoms. The van der Waals surface area contributed by atoms with Crippen LogP contribution in [0.4, 0.5) is 0 Å². The number of piperidine rings is 1. The lowest BCUT2D eigenvalue weighted by molar-refractivity contribution is 0.159. The largest absolute Gasteiger partial charge is 0.506 e. The maximum absolute atomic E-state index is 9.76. The van der Waals surface area contributed by atoms with Gasteiger partial charge in [0.05, 0.1) is 5.69 Å². The molecule has 0 saturated carbocycles. The molecule has 4 nitrogen and oxygen atoms in total. The van der Waals surface area contributed by atoms with Gasteiger partial charge >= 0.3 is 0 Å². The maximum Gasteiger partial charge on any atom is 0.138 e. The zero-order chi connectivity index (χ0) is 12.4. The Morgan fingerprint density at radius 2 is 2.29 bits per heavy atom. The molecule has 1 aromatic heterocycles. The standard InChI is InChI=1S/C13H21N3O/c1-9-5-6-16(7-11(9)14)8-12-13(17)4-3-10(2)15-12/h3-4,9,11,17H,5-8,14H2,1-2H3. The third-order valence-corrected chi connectivity index (χ3v) is 3.56. The van der Waals surface area contributed by atoms with Gasteiger partial charge < -0.3 is 10.8 Å². The molecule has 0 spiro atoms. The molecule has 1 aliphatic heterocycles. The molecule has 2 rings (SSSR count). The number of aromatic hydroxyl groups is 1. The predicted molar refractivity (Wildman–Crippen MR) is 67.7 cm³/mol. The zero-order valence-corrected chi connectivity index (χ0v) is 10.6. The van der Waals surface area contributed by atoms with Crippen molar-refractivity contribution in [3.63, 3.8) is 0 Å². The summed E-state index contributed by atoms with van der Waals surface area (Å²) < 4.78 is 0. The number of likely N-dealkylation sites (tertiary alicyclic amines) is 1. The first-order valence-corrected chi connectivity index (χ1v) is 6.19. The fourth-order valence-electron chi connectivity index (χ4n) is 2.24. The minimum absolute atomic E-state index is 0.232. The lowest BCUT2D eigenvalue weighted by Gasteiger charge is -2.34. The van der Waals surface area contributed by atoms with Crippen molar-refractivity contribution in [2.24, 2.45) is 11.7 Å². The van der Waals surface area contributed by atoms with Gasteiger partial charge in [0.25, 0.3) is 0 Å². The van der Waals surface area contributed by atoms with Crippen molar-refractivity contribution in [2.45, 2.75) is 32.9 Å². The van der Waals surface area contributed by atoms with Gasteiger partial charge in [0.2, 0.25) is 0 Å². The molecule has 1 aromatic rings. The Bertz CT molecular complexity index is 394. The Morgan fingerprint density at radius 1 is 1.53 bits per heavy atom. The topological polar surface area (TPSA) is 62.4 Å². The Morgan fingerprint density at radius 3 is 3.00 bits per heavy atom. The molecule has 2 heterocycles. The van der Waals surface area contributed by atoms with Crippen LogP contribution in [0.15, 0.2) is 12.1 Å². The average molecular weight is 235 g/mol. The van der Waals surface area contributed by atoms with Crippen LogP contribution in [0, 0.1) is 12.8 Å². The molecule has 2 atom stereocenters. The molecular weight excluding hydrogens is 214 g/mol. The second-order valence-corrected chi connectivity index (χ2v) is 5.08. The van der Waals surface area contributed by atoms with Crippen LogP contribution in [0.1, 0.15) is 24.7 Å². The fourth-order valence-corrected chi connectivity index (χ4v) is 2.24. The lowest BCUT2D eigenvalue weighted by atomic mass is 9.94. The van der Waals surface area contributed by atoms with Gasteiger partial charge in [-0.15, -0.1) is 0 Å². The number of aryl methyl sites for hydroxylation is 1. The molecule has 0 aliphatic carbocycles. The fraction of sp³-hybridized carbons (Fsp3) is 0.615. The summed E-state index contributed by atoms with van der Waals surface area (Å²) in [5, 5.41) is 9.76. The van der Waals surface area contributed by atoms with E-state index in [4.69, 9.17) is 5.73 Å². The van der Waals surface area contributed by atoms with Crippen molar-refractivity contribution in [2.75, 3.05) is 13.1 Å². The Balaban J connectivity index is 2.03. The van der Waals surface area contributed by atoms with Crippen LogP contribution in [0.5, 0.6) is 5.75 Å². The number of pyridine rings is 1. The number of nitrogens with two attached hydrogens (primary N) is 1. The van der Waals surface area contributed by atoms with Crippen LogP contribution in [0.3, 0.4) is 0 Å². The first kappa shape index (κ1) is 12.3. The van der Waals surface area contributed by atoms with E-state index in [2.05, 4.69) is 16.8 Å². The number of hydrogen-bond acceptors (Lipinski definition) is 4. The van der Waals surface area contributed by atoms with Crippen LogP contribution in [-0.2, 0) is 6.54 Å². The predicted octanol–water partition coefficient (Wildman–Crippen LogP) is 1.26. The van der Waals surface area contributed by atoms with Crippen molar-refractivity contribution < 1.29 is 5.11 Å². The van der Waals surface area contributed by atoms with Gasteiger partial charge in [0, 0.05) is 24.8 Å². The molecular formula is C13H21N3O. The molecule has 1 aliphatic rings. The molecule has 1 fully saturated rings. The Labute approximate surface area is 102 Å². The van der Waals surface area contributed by atoms with E-state index in [0.29, 0.717) is 12.5 Å². The third-order valence-electron chi connectivity index (χ3n) is 3.56. The van der Waals surface area contributed by atoms with Gasteiger partial charge in [-0.2, -0.15) is 0 Å². The molecule has 0 radical (unpaired) electrons. The smallest absolute Gasteiger partial charge is 0.138 e. The SMILES string of the molecule is Cc1ccc(O)c(CN2CCC(C)C(N)C2)n1. The van der Waals surface area contributed by atoms with E-state index >= 15 is 0 Å². The first-order chi connectivity index (χ1) is 8.06. The average Bonchev–Trinajstić information content (AvgIpc) is 2.29. The number of nitrogens with zero attached hydrogens (tertiary/aromatic N) is 2. The van der Waals surface area contributed by atoms with Crippen molar-refractivity contribution in [3.05, 3.63) is 23.5 Å². The van der Waals surface area contributed by atoms with Crippen LogP contribution < -0.4 is 5.73 Å². The van der Waals surface area contributed by atoms with Crippen LogP contribution in [-0.4, -0.2) is 34.1 Å². The van der Waals surface area contributed by atoms with E-state index in [-0.39, 0.29) is 11.8 Å². The highest BCUT2D eigenvalue weighted by atomic mass is 16.3. The highest BCUT2D eigenvalue weighted by molar-refractivity contribution is 5.27. The molecule has 2 unspecified atom stereocenters. The van der Waals surface area contributed by atoms with Crippen molar-refractivity contribution >= 4 is 0 Å². The summed E-state index contributed by atoms with van der Waals surface area (Å²) in [5.74, 6) is 0.869. The van der Waals surface area contributed by atoms with Gasteiger partial charge in [-0.05, 0) is 37.9 Å². The second-order valence-electron chi connectivity index (χ2n) is 5.08. The summed E-state index contributed by atoms with van der Waals surface area (Å²) in [6.45, 7) is 6.74. The molecule has 0 amide bonds. The minimum Gasteiger partial charge on any atom is -0.506 e. The summed E-state index contributed by atoms with van der Waals surface area (Å²) >= 11 is 0. The summed E-state index contributed by atoms with van der Waals surface area (Å²) in [4.78, 5) is 6.65. The van der Waals surface area contributed by atoms with E-state index in [1.165, 1.54) is 0 Å². The van der Waals surface area contributed by atoms with Gasteiger partial charge in [-0.3, -0.25) is 9.88 Å². The van der Waals surface area contributed by atoms with Gasteiger partial charge in [-0.25, -0.2) is 0 Å². The van der Waals surface area contributed by atoms with Gasteiger partial charge in [-0.1, -0.05) is 6.92 Å². The van der Waals surface area contributed by atoms with Crippen molar-refractivity contribution in [3.8, 4) is 5.75 Å².